The Hall–Kier alpha value is -1.62. The smallest absolute Gasteiger partial charge is 0.221 e. The molecule has 0 unspecified atom stereocenters. The molecule has 0 radical (unpaired) electrons. The van der Waals surface area contributed by atoms with Crippen molar-refractivity contribution in [3.63, 3.8) is 0 Å². The van der Waals surface area contributed by atoms with Gasteiger partial charge < -0.3 is 11.1 Å². The summed E-state index contributed by atoms with van der Waals surface area (Å²) in [6, 6.07) is 4.70. The number of nitrogen functional groups attached to an aromatic ring is 1. The molecular weight excluding hydrogens is 221 g/mol. The normalized spacial score (nSPS) is 17.6. The molecule has 1 saturated heterocycles. The molecule has 1 aromatic carbocycles. The van der Waals surface area contributed by atoms with Crippen LogP contribution in [0.3, 0.4) is 0 Å². The number of carbonyl (C=O) groups excluding carboxylic acids is 1. The van der Waals surface area contributed by atoms with E-state index in [-0.39, 0.29) is 11.7 Å². The van der Waals surface area contributed by atoms with Crippen LogP contribution in [-0.4, -0.2) is 30.4 Å². The average molecular weight is 237 g/mol. The van der Waals surface area contributed by atoms with E-state index < -0.39 is 0 Å². The maximum atomic E-state index is 13.6. The molecule has 0 bridgehead atoms. The minimum atomic E-state index is -0.284. The van der Waals surface area contributed by atoms with Gasteiger partial charge in [-0.05, 0) is 12.1 Å². The second-order valence-corrected chi connectivity index (χ2v) is 4.18. The topological polar surface area (TPSA) is 58.4 Å². The first-order valence-electron chi connectivity index (χ1n) is 5.69. The van der Waals surface area contributed by atoms with Crippen LogP contribution in [-0.2, 0) is 11.3 Å². The van der Waals surface area contributed by atoms with Crippen LogP contribution in [0.5, 0.6) is 0 Å². The Morgan fingerprint density at radius 3 is 3.00 bits per heavy atom. The van der Waals surface area contributed by atoms with E-state index in [0.29, 0.717) is 37.3 Å². The summed E-state index contributed by atoms with van der Waals surface area (Å²) in [5.41, 5.74) is 6.74. The summed E-state index contributed by atoms with van der Waals surface area (Å²) in [5, 5.41) is 2.78. The second kappa shape index (κ2) is 5.14. The molecule has 92 valence electrons. The molecule has 0 saturated carbocycles. The highest BCUT2D eigenvalue weighted by Gasteiger charge is 2.16. The first kappa shape index (κ1) is 11.9. The van der Waals surface area contributed by atoms with Crippen molar-refractivity contribution in [3.05, 3.63) is 29.6 Å². The van der Waals surface area contributed by atoms with Gasteiger partial charge in [0.1, 0.15) is 5.82 Å². The monoisotopic (exact) mass is 237 g/mol. The predicted octanol–water partition coefficient (Wildman–Crippen LogP) is 0.730. The lowest BCUT2D eigenvalue weighted by atomic mass is 10.1. The van der Waals surface area contributed by atoms with Gasteiger partial charge in [-0.15, -0.1) is 0 Å². The summed E-state index contributed by atoms with van der Waals surface area (Å²) in [4.78, 5) is 13.2. The summed E-state index contributed by atoms with van der Waals surface area (Å²) < 4.78 is 13.6. The number of nitrogens with zero attached hydrogens (tertiary/aromatic N) is 1. The zero-order valence-electron chi connectivity index (χ0n) is 9.58. The van der Waals surface area contributed by atoms with Crippen LogP contribution in [0.2, 0.25) is 0 Å². The summed E-state index contributed by atoms with van der Waals surface area (Å²) >= 11 is 0. The summed E-state index contributed by atoms with van der Waals surface area (Å²) in [6.45, 7) is 2.42. The van der Waals surface area contributed by atoms with Crippen molar-refractivity contribution < 1.29 is 9.18 Å². The van der Waals surface area contributed by atoms with Gasteiger partial charge >= 0.3 is 0 Å². The number of hydrogen-bond donors (Lipinski definition) is 2. The Morgan fingerprint density at radius 2 is 2.24 bits per heavy atom. The Labute approximate surface area is 99.6 Å². The third-order valence-corrected chi connectivity index (χ3v) is 2.94. The van der Waals surface area contributed by atoms with Crippen molar-refractivity contribution in [1.29, 1.82) is 0 Å². The number of halogens is 1. The van der Waals surface area contributed by atoms with Crippen LogP contribution in [0.4, 0.5) is 10.1 Å². The number of rotatable bonds is 2. The van der Waals surface area contributed by atoms with Crippen LogP contribution in [0.1, 0.15) is 12.0 Å². The number of amides is 1. The van der Waals surface area contributed by atoms with Crippen molar-refractivity contribution >= 4 is 11.6 Å². The minimum Gasteiger partial charge on any atom is -0.398 e. The number of hydrogen-bond acceptors (Lipinski definition) is 3. The average Bonchev–Trinajstić information content (AvgIpc) is 2.49. The number of anilines is 1. The van der Waals surface area contributed by atoms with Crippen molar-refractivity contribution in [2.75, 3.05) is 25.4 Å². The van der Waals surface area contributed by atoms with Crippen molar-refractivity contribution in [1.82, 2.24) is 10.2 Å². The van der Waals surface area contributed by atoms with Gasteiger partial charge in [0.15, 0.2) is 0 Å². The fourth-order valence-electron chi connectivity index (χ4n) is 1.94. The van der Waals surface area contributed by atoms with Crippen molar-refractivity contribution in [2.45, 2.75) is 13.0 Å². The van der Waals surface area contributed by atoms with E-state index >= 15 is 0 Å². The molecule has 4 nitrogen and oxygen atoms in total. The number of nitrogens with two attached hydrogens (primary N) is 1. The van der Waals surface area contributed by atoms with E-state index in [1.165, 1.54) is 6.07 Å². The van der Waals surface area contributed by atoms with Crippen LogP contribution >= 0.6 is 0 Å². The Morgan fingerprint density at radius 1 is 1.41 bits per heavy atom. The van der Waals surface area contributed by atoms with Crippen LogP contribution < -0.4 is 11.1 Å². The maximum Gasteiger partial charge on any atom is 0.221 e. The lowest BCUT2D eigenvalue weighted by Crippen LogP contribution is -2.28. The highest BCUT2D eigenvalue weighted by atomic mass is 19.1. The van der Waals surface area contributed by atoms with Gasteiger partial charge in [0.25, 0.3) is 0 Å². The van der Waals surface area contributed by atoms with E-state index in [0.717, 1.165) is 6.54 Å². The Kier molecular flexibility index (Phi) is 3.58. The Balaban J connectivity index is 2.07. The van der Waals surface area contributed by atoms with Crippen LogP contribution in [0.25, 0.3) is 0 Å². The van der Waals surface area contributed by atoms with Gasteiger partial charge in [-0.25, -0.2) is 4.39 Å². The molecule has 0 aromatic heterocycles. The van der Waals surface area contributed by atoms with E-state index in [1.807, 2.05) is 4.90 Å². The quantitative estimate of drug-likeness (QED) is 0.745. The molecular formula is C12H16FN3O. The van der Waals surface area contributed by atoms with Crippen LogP contribution in [0.15, 0.2) is 18.2 Å². The third kappa shape index (κ3) is 2.94. The number of nitrogens with one attached hydrogen (secondary N) is 1. The summed E-state index contributed by atoms with van der Waals surface area (Å²) in [7, 11) is 0. The van der Waals surface area contributed by atoms with Crippen molar-refractivity contribution in [3.8, 4) is 0 Å². The molecule has 1 fully saturated rings. The largest absolute Gasteiger partial charge is 0.398 e. The molecule has 0 spiro atoms. The first-order valence-corrected chi connectivity index (χ1v) is 5.69. The molecule has 1 heterocycles. The molecule has 5 heteroatoms. The molecule has 3 N–H and O–H groups in total. The SMILES string of the molecule is Nc1cccc(F)c1CN1CCNC(=O)CC1. The van der Waals surface area contributed by atoms with E-state index in [1.54, 1.807) is 12.1 Å². The van der Waals surface area contributed by atoms with Gasteiger partial charge in [0.2, 0.25) is 5.91 Å². The highest BCUT2D eigenvalue weighted by molar-refractivity contribution is 5.76. The second-order valence-electron chi connectivity index (χ2n) is 4.18. The molecule has 1 aliphatic heterocycles. The zero-order chi connectivity index (χ0) is 12.3. The fourth-order valence-corrected chi connectivity index (χ4v) is 1.94. The van der Waals surface area contributed by atoms with Gasteiger partial charge in [0.05, 0.1) is 0 Å². The molecule has 2 rings (SSSR count). The number of benzene rings is 1. The van der Waals surface area contributed by atoms with Crippen molar-refractivity contribution in [2.24, 2.45) is 0 Å². The van der Waals surface area contributed by atoms with Gasteiger partial charge in [-0.3, -0.25) is 9.69 Å². The predicted molar refractivity (Wildman–Crippen MR) is 63.7 cm³/mol. The third-order valence-electron chi connectivity index (χ3n) is 2.94. The molecule has 0 atom stereocenters. The Bertz CT molecular complexity index is 402. The minimum absolute atomic E-state index is 0.0500. The molecule has 1 aliphatic rings. The highest BCUT2D eigenvalue weighted by Crippen LogP contribution is 2.18. The molecule has 17 heavy (non-hydrogen) atoms. The lowest BCUT2D eigenvalue weighted by Gasteiger charge is -2.20. The maximum absolute atomic E-state index is 13.6. The fraction of sp³-hybridized carbons (Fsp3) is 0.417. The van der Waals surface area contributed by atoms with Gasteiger partial charge in [0, 0.05) is 43.9 Å². The molecule has 1 aromatic rings. The molecule has 0 aliphatic carbocycles. The molecule has 1 amide bonds. The first-order chi connectivity index (χ1) is 8.16. The van der Waals surface area contributed by atoms with Gasteiger partial charge in [-0.2, -0.15) is 0 Å². The summed E-state index contributed by atoms with van der Waals surface area (Å²) in [5.74, 6) is -0.234. The zero-order valence-corrected chi connectivity index (χ0v) is 9.58. The standard InChI is InChI=1S/C12H16FN3O/c13-10-2-1-3-11(14)9(10)8-16-6-4-12(17)15-5-7-16/h1-3H,4-8,14H2,(H,15,17). The van der Waals surface area contributed by atoms with Gasteiger partial charge in [-0.1, -0.05) is 6.07 Å². The number of carbonyl (C=O) groups is 1. The van der Waals surface area contributed by atoms with E-state index in [9.17, 15) is 9.18 Å². The lowest BCUT2D eigenvalue weighted by molar-refractivity contribution is -0.120. The van der Waals surface area contributed by atoms with Crippen LogP contribution in [0, 0.1) is 5.82 Å². The summed E-state index contributed by atoms with van der Waals surface area (Å²) in [6.07, 6.45) is 0.453. The van der Waals surface area contributed by atoms with E-state index in [4.69, 9.17) is 5.73 Å². The van der Waals surface area contributed by atoms with E-state index in [2.05, 4.69) is 5.32 Å².